The van der Waals surface area contributed by atoms with Crippen LogP contribution < -0.4 is 11.4 Å². The standard InChI is InChI=1S/C11H17N3O4/c1-17-6-7-4-14(11(16)13-10(7)12)9-3-2-8(5-15)18-9/h4,8-9,15H,2-3,5-6H2,1H3,(H2,12,13,16). The molecule has 0 radical (unpaired) electrons. The lowest BCUT2D eigenvalue weighted by molar-refractivity contribution is -0.0247. The van der Waals surface area contributed by atoms with Crippen molar-refractivity contribution in [2.75, 3.05) is 19.5 Å². The average Bonchev–Trinajstić information content (AvgIpc) is 2.81. The van der Waals surface area contributed by atoms with Crippen LogP contribution in [0, 0.1) is 0 Å². The van der Waals surface area contributed by atoms with E-state index in [2.05, 4.69) is 4.98 Å². The number of hydrogen-bond donors (Lipinski definition) is 2. The van der Waals surface area contributed by atoms with Crippen LogP contribution in [-0.2, 0) is 16.1 Å². The lowest BCUT2D eigenvalue weighted by Gasteiger charge is -2.16. The zero-order valence-electron chi connectivity index (χ0n) is 10.2. The molecule has 0 spiro atoms. The Morgan fingerprint density at radius 2 is 2.44 bits per heavy atom. The second kappa shape index (κ2) is 5.47. The molecule has 1 fully saturated rings. The summed E-state index contributed by atoms with van der Waals surface area (Å²) in [5.41, 5.74) is 5.84. The Balaban J connectivity index is 2.27. The number of rotatable bonds is 4. The summed E-state index contributed by atoms with van der Waals surface area (Å²) in [6.45, 7) is 0.244. The second-order valence-electron chi connectivity index (χ2n) is 4.25. The summed E-state index contributed by atoms with van der Waals surface area (Å²) in [6.07, 6.45) is 2.39. The predicted molar refractivity (Wildman–Crippen MR) is 63.9 cm³/mol. The zero-order chi connectivity index (χ0) is 13.1. The molecule has 7 heteroatoms. The Labute approximate surface area is 104 Å². The first kappa shape index (κ1) is 13.0. The lowest BCUT2D eigenvalue weighted by Crippen LogP contribution is -2.29. The van der Waals surface area contributed by atoms with E-state index >= 15 is 0 Å². The van der Waals surface area contributed by atoms with Crippen LogP contribution in [0.1, 0.15) is 24.6 Å². The van der Waals surface area contributed by atoms with Gasteiger partial charge in [-0.25, -0.2) is 4.79 Å². The topological polar surface area (TPSA) is 99.6 Å². The first-order valence-corrected chi connectivity index (χ1v) is 5.78. The fraction of sp³-hybridized carbons (Fsp3) is 0.636. The number of aliphatic hydroxyl groups is 1. The van der Waals surface area contributed by atoms with E-state index in [4.69, 9.17) is 20.3 Å². The van der Waals surface area contributed by atoms with Gasteiger partial charge in [-0.15, -0.1) is 0 Å². The first-order chi connectivity index (χ1) is 8.65. The van der Waals surface area contributed by atoms with Gasteiger partial charge in [0.15, 0.2) is 0 Å². The number of hydrogen-bond acceptors (Lipinski definition) is 6. The molecule has 1 aliphatic rings. The molecule has 0 bridgehead atoms. The number of nitrogen functional groups attached to an aromatic ring is 1. The Hall–Kier alpha value is -1.44. The summed E-state index contributed by atoms with van der Waals surface area (Å²) in [4.78, 5) is 15.5. The van der Waals surface area contributed by atoms with Gasteiger partial charge in [-0.1, -0.05) is 0 Å². The maximum absolute atomic E-state index is 11.8. The van der Waals surface area contributed by atoms with Crippen LogP contribution in [0.2, 0.25) is 0 Å². The quantitative estimate of drug-likeness (QED) is 0.762. The van der Waals surface area contributed by atoms with Crippen molar-refractivity contribution in [3.63, 3.8) is 0 Å². The second-order valence-corrected chi connectivity index (χ2v) is 4.25. The zero-order valence-corrected chi connectivity index (χ0v) is 10.2. The molecule has 1 aliphatic heterocycles. The Morgan fingerprint density at radius 1 is 1.67 bits per heavy atom. The molecule has 2 heterocycles. The van der Waals surface area contributed by atoms with Gasteiger partial charge in [0.1, 0.15) is 12.0 Å². The Morgan fingerprint density at radius 3 is 3.06 bits per heavy atom. The van der Waals surface area contributed by atoms with Crippen LogP contribution in [0.5, 0.6) is 0 Å². The van der Waals surface area contributed by atoms with Crippen LogP contribution in [-0.4, -0.2) is 34.5 Å². The fourth-order valence-electron chi connectivity index (χ4n) is 2.02. The molecule has 18 heavy (non-hydrogen) atoms. The minimum Gasteiger partial charge on any atom is -0.394 e. The highest BCUT2D eigenvalue weighted by Gasteiger charge is 2.27. The van der Waals surface area contributed by atoms with Gasteiger partial charge in [0.25, 0.3) is 0 Å². The first-order valence-electron chi connectivity index (χ1n) is 5.78. The largest absolute Gasteiger partial charge is 0.394 e. The molecular formula is C11H17N3O4. The molecule has 1 saturated heterocycles. The van der Waals surface area contributed by atoms with Crippen molar-refractivity contribution in [3.8, 4) is 0 Å². The molecule has 2 atom stereocenters. The molecule has 2 unspecified atom stereocenters. The lowest BCUT2D eigenvalue weighted by atomic mass is 10.2. The summed E-state index contributed by atoms with van der Waals surface area (Å²) in [7, 11) is 1.54. The molecular weight excluding hydrogens is 238 g/mol. The number of aromatic nitrogens is 2. The summed E-state index contributed by atoms with van der Waals surface area (Å²) < 4.78 is 11.9. The van der Waals surface area contributed by atoms with Crippen LogP contribution in [0.4, 0.5) is 5.82 Å². The van der Waals surface area contributed by atoms with E-state index in [0.29, 0.717) is 12.0 Å². The van der Waals surface area contributed by atoms with Crippen molar-refractivity contribution < 1.29 is 14.6 Å². The predicted octanol–water partition coefficient (Wildman–Crippen LogP) is -0.358. The van der Waals surface area contributed by atoms with Gasteiger partial charge in [-0.3, -0.25) is 4.57 Å². The van der Waals surface area contributed by atoms with Crippen LogP contribution in [0.3, 0.4) is 0 Å². The van der Waals surface area contributed by atoms with E-state index in [-0.39, 0.29) is 25.1 Å². The van der Waals surface area contributed by atoms with Gasteiger partial charge in [0.2, 0.25) is 0 Å². The van der Waals surface area contributed by atoms with Gasteiger partial charge in [-0.2, -0.15) is 4.98 Å². The van der Waals surface area contributed by atoms with E-state index in [9.17, 15) is 4.79 Å². The van der Waals surface area contributed by atoms with Crippen LogP contribution in [0.25, 0.3) is 0 Å². The minimum absolute atomic E-state index is 0.0431. The Kier molecular flexibility index (Phi) is 3.95. The third kappa shape index (κ3) is 2.53. The molecule has 1 aromatic heterocycles. The number of anilines is 1. The summed E-state index contributed by atoms with van der Waals surface area (Å²) >= 11 is 0. The van der Waals surface area contributed by atoms with Crippen LogP contribution in [0.15, 0.2) is 11.0 Å². The maximum Gasteiger partial charge on any atom is 0.351 e. The van der Waals surface area contributed by atoms with Crippen molar-refractivity contribution in [2.24, 2.45) is 0 Å². The number of aliphatic hydroxyl groups excluding tert-OH is 1. The van der Waals surface area contributed by atoms with Gasteiger partial charge < -0.3 is 20.3 Å². The van der Waals surface area contributed by atoms with E-state index in [1.54, 1.807) is 13.3 Å². The van der Waals surface area contributed by atoms with E-state index in [1.807, 2.05) is 0 Å². The van der Waals surface area contributed by atoms with E-state index in [0.717, 1.165) is 6.42 Å². The van der Waals surface area contributed by atoms with Gasteiger partial charge in [-0.05, 0) is 12.8 Å². The number of nitrogens with two attached hydrogens (primary N) is 1. The molecule has 0 saturated carbocycles. The summed E-state index contributed by atoms with van der Waals surface area (Å²) in [5.74, 6) is 0.176. The van der Waals surface area contributed by atoms with Crippen molar-refractivity contribution in [2.45, 2.75) is 31.8 Å². The molecule has 7 nitrogen and oxygen atoms in total. The summed E-state index contributed by atoms with van der Waals surface area (Å²) in [6, 6.07) is 0. The Bertz CT molecular complexity index is 474. The van der Waals surface area contributed by atoms with Crippen molar-refractivity contribution >= 4 is 5.82 Å². The van der Waals surface area contributed by atoms with E-state index < -0.39 is 11.9 Å². The molecule has 0 aromatic carbocycles. The number of nitrogens with zero attached hydrogens (tertiary/aromatic N) is 2. The highest BCUT2D eigenvalue weighted by Crippen LogP contribution is 2.27. The molecule has 100 valence electrons. The van der Waals surface area contributed by atoms with Crippen molar-refractivity contribution in [1.29, 1.82) is 0 Å². The monoisotopic (exact) mass is 255 g/mol. The van der Waals surface area contributed by atoms with Gasteiger partial charge >= 0.3 is 5.69 Å². The maximum atomic E-state index is 11.8. The molecule has 0 aliphatic carbocycles. The number of ether oxygens (including phenoxy) is 2. The normalized spacial score (nSPS) is 23.4. The van der Waals surface area contributed by atoms with E-state index in [1.165, 1.54) is 4.57 Å². The fourth-order valence-corrected chi connectivity index (χ4v) is 2.02. The molecule has 0 amide bonds. The van der Waals surface area contributed by atoms with Crippen molar-refractivity contribution in [3.05, 3.63) is 22.2 Å². The smallest absolute Gasteiger partial charge is 0.351 e. The molecule has 1 aromatic rings. The average molecular weight is 255 g/mol. The third-order valence-electron chi connectivity index (χ3n) is 2.96. The minimum atomic E-state index is -0.448. The van der Waals surface area contributed by atoms with Gasteiger partial charge in [0.05, 0.1) is 19.3 Å². The van der Waals surface area contributed by atoms with Crippen molar-refractivity contribution in [1.82, 2.24) is 9.55 Å². The SMILES string of the molecule is COCc1cn(C2CCC(CO)O2)c(=O)nc1N. The number of methoxy groups -OCH3 is 1. The third-order valence-corrected chi connectivity index (χ3v) is 2.96. The highest BCUT2D eigenvalue weighted by atomic mass is 16.5. The molecule has 3 N–H and O–H groups in total. The highest BCUT2D eigenvalue weighted by molar-refractivity contribution is 5.36. The van der Waals surface area contributed by atoms with Gasteiger partial charge in [0, 0.05) is 18.9 Å². The molecule has 2 rings (SSSR count). The van der Waals surface area contributed by atoms with Crippen LogP contribution >= 0.6 is 0 Å². The summed E-state index contributed by atoms with van der Waals surface area (Å²) in [5, 5.41) is 9.01.